The Morgan fingerprint density at radius 1 is 0.765 bits per heavy atom. The molecular formula is C27H34N2O5. The quantitative estimate of drug-likeness (QED) is 0.525. The van der Waals surface area contributed by atoms with Gasteiger partial charge in [0.2, 0.25) is 5.91 Å². The normalized spacial score (nSPS) is 15.3. The van der Waals surface area contributed by atoms with Gasteiger partial charge in [-0.2, -0.15) is 0 Å². The molecule has 0 aromatic heterocycles. The maximum absolute atomic E-state index is 13.0. The standard InChI is InChI=1S/C27H34N2O5/c30-25(33-19-21-12-6-4-7-13-21)18-24(26(31)28-23-16-10-2-1-3-11-17-23)29-27(32)34-20-22-14-8-5-9-15-22/h4-9,12-15,23-24H,1-3,10-11,16-20H2,(H,28,31)(H,29,32)/t24-/m0/s1. The Hall–Kier alpha value is -3.35. The van der Waals surface area contributed by atoms with Gasteiger partial charge in [0.15, 0.2) is 0 Å². The molecule has 1 atom stereocenters. The van der Waals surface area contributed by atoms with Crippen molar-refractivity contribution < 1.29 is 23.9 Å². The lowest BCUT2D eigenvalue weighted by molar-refractivity contribution is -0.147. The third-order valence-electron chi connectivity index (χ3n) is 5.89. The van der Waals surface area contributed by atoms with Crippen molar-refractivity contribution in [3.8, 4) is 0 Å². The van der Waals surface area contributed by atoms with E-state index in [1.54, 1.807) is 0 Å². The summed E-state index contributed by atoms with van der Waals surface area (Å²) in [5.74, 6) is -0.955. The molecule has 2 amide bonds. The Kier molecular flexibility index (Phi) is 10.4. The molecule has 34 heavy (non-hydrogen) atoms. The van der Waals surface area contributed by atoms with E-state index >= 15 is 0 Å². The molecule has 0 saturated heterocycles. The van der Waals surface area contributed by atoms with Crippen molar-refractivity contribution >= 4 is 18.0 Å². The fourth-order valence-corrected chi connectivity index (χ4v) is 3.98. The molecule has 0 spiro atoms. The van der Waals surface area contributed by atoms with Gasteiger partial charge in [-0.05, 0) is 24.0 Å². The predicted molar refractivity (Wildman–Crippen MR) is 129 cm³/mol. The number of hydrogen-bond acceptors (Lipinski definition) is 5. The number of carbonyl (C=O) groups is 3. The van der Waals surface area contributed by atoms with Crippen molar-refractivity contribution in [2.24, 2.45) is 0 Å². The molecule has 3 rings (SSSR count). The van der Waals surface area contributed by atoms with Gasteiger partial charge in [0, 0.05) is 6.04 Å². The van der Waals surface area contributed by atoms with E-state index in [-0.39, 0.29) is 31.6 Å². The van der Waals surface area contributed by atoms with Crippen LogP contribution in [0, 0.1) is 0 Å². The number of hydrogen-bond donors (Lipinski definition) is 2. The molecule has 7 heteroatoms. The van der Waals surface area contributed by atoms with Crippen LogP contribution in [0.3, 0.4) is 0 Å². The molecule has 1 saturated carbocycles. The molecule has 1 aliphatic carbocycles. The van der Waals surface area contributed by atoms with Crippen molar-refractivity contribution in [3.05, 3.63) is 71.8 Å². The van der Waals surface area contributed by atoms with Crippen LogP contribution in [0.4, 0.5) is 4.79 Å². The Bertz CT molecular complexity index is 838. The average Bonchev–Trinajstić information content (AvgIpc) is 2.84. The maximum atomic E-state index is 13.0. The highest BCUT2D eigenvalue weighted by Gasteiger charge is 2.27. The van der Waals surface area contributed by atoms with E-state index in [1.165, 1.54) is 6.42 Å². The molecule has 7 nitrogen and oxygen atoms in total. The minimum absolute atomic E-state index is 0.0396. The summed E-state index contributed by atoms with van der Waals surface area (Å²) in [4.78, 5) is 37.9. The smallest absolute Gasteiger partial charge is 0.408 e. The molecule has 2 aromatic rings. The van der Waals surface area contributed by atoms with Crippen molar-refractivity contribution in [1.82, 2.24) is 10.6 Å². The monoisotopic (exact) mass is 466 g/mol. The van der Waals surface area contributed by atoms with E-state index in [0.29, 0.717) is 0 Å². The van der Waals surface area contributed by atoms with Crippen LogP contribution in [0.15, 0.2) is 60.7 Å². The number of ether oxygens (including phenoxy) is 2. The van der Waals surface area contributed by atoms with Crippen LogP contribution in [0.25, 0.3) is 0 Å². The second-order valence-corrected chi connectivity index (χ2v) is 8.66. The Morgan fingerprint density at radius 3 is 1.88 bits per heavy atom. The van der Waals surface area contributed by atoms with Crippen molar-refractivity contribution in [2.45, 2.75) is 76.7 Å². The van der Waals surface area contributed by atoms with Crippen LogP contribution in [0.2, 0.25) is 0 Å². The number of benzene rings is 2. The third-order valence-corrected chi connectivity index (χ3v) is 5.89. The Labute approximate surface area is 201 Å². The molecule has 0 heterocycles. The summed E-state index contributed by atoms with van der Waals surface area (Å²) in [7, 11) is 0. The topological polar surface area (TPSA) is 93.7 Å². The highest BCUT2D eigenvalue weighted by atomic mass is 16.5. The first-order valence-electron chi connectivity index (χ1n) is 12.1. The number of carbonyl (C=O) groups excluding carboxylic acids is 3. The molecule has 2 N–H and O–H groups in total. The summed E-state index contributed by atoms with van der Waals surface area (Å²) < 4.78 is 10.6. The highest BCUT2D eigenvalue weighted by molar-refractivity contribution is 5.89. The zero-order valence-electron chi connectivity index (χ0n) is 19.5. The number of nitrogens with one attached hydrogen (secondary N) is 2. The van der Waals surface area contributed by atoms with Gasteiger partial charge in [-0.1, -0.05) is 92.8 Å². The van der Waals surface area contributed by atoms with Gasteiger partial charge in [0.1, 0.15) is 19.3 Å². The molecule has 1 fully saturated rings. The van der Waals surface area contributed by atoms with E-state index in [1.807, 2.05) is 60.7 Å². The van der Waals surface area contributed by atoms with Crippen molar-refractivity contribution in [2.75, 3.05) is 0 Å². The zero-order chi connectivity index (χ0) is 24.0. The molecule has 0 bridgehead atoms. The first-order valence-corrected chi connectivity index (χ1v) is 12.1. The molecular weight excluding hydrogens is 432 g/mol. The molecule has 182 valence electrons. The molecule has 0 aliphatic heterocycles. The average molecular weight is 467 g/mol. The number of amides is 2. The van der Waals surface area contributed by atoms with Crippen LogP contribution in [-0.4, -0.2) is 30.1 Å². The second kappa shape index (κ2) is 14.0. The second-order valence-electron chi connectivity index (χ2n) is 8.66. The number of rotatable bonds is 9. The third kappa shape index (κ3) is 9.25. The highest BCUT2D eigenvalue weighted by Crippen LogP contribution is 2.17. The lowest BCUT2D eigenvalue weighted by Crippen LogP contribution is -2.50. The lowest BCUT2D eigenvalue weighted by atomic mass is 9.96. The van der Waals surface area contributed by atoms with Gasteiger partial charge in [-0.25, -0.2) is 4.79 Å². The summed E-state index contributed by atoms with van der Waals surface area (Å²) in [6.07, 6.45) is 6.43. The minimum Gasteiger partial charge on any atom is -0.461 e. The zero-order valence-corrected chi connectivity index (χ0v) is 19.5. The van der Waals surface area contributed by atoms with Crippen LogP contribution >= 0.6 is 0 Å². The lowest BCUT2D eigenvalue weighted by Gasteiger charge is -2.24. The fourth-order valence-electron chi connectivity index (χ4n) is 3.98. The first kappa shape index (κ1) is 25.3. The van der Waals surface area contributed by atoms with Gasteiger partial charge in [-0.15, -0.1) is 0 Å². The summed E-state index contributed by atoms with van der Waals surface area (Å²) in [5, 5.41) is 5.59. The van der Waals surface area contributed by atoms with E-state index in [2.05, 4.69) is 10.6 Å². The first-order chi connectivity index (χ1) is 16.6. The predicted octanol–water partition coefficient (Wildman–Crippen LogP) is 4.64. The molecule has 0 radical (unpaired) electrons. The molecule has 2 aromatic carbocycles. The molecule has 1 aliphatic rings. The van der Waals surface area contributed by atoms with Gasteiger partial charge >= 0.3 is 12.1 Å². The summed E-state index contributed by atoms with van der Waals surface area (Å²) in [6.45, 7) is 0.178. The van der Waals surface area contributed by atoms with E-state index < -0.39 is 18.1 Å². The van der Waals surface area contributed by atoms with Crippen LogP contribution in [0.1, 0.15) is 62.5 Å². The van der Waals surface area contributed by atoms with Crippen LogP contribution in [0.5, 0.6) is 0 Å². The van der Waals surface area contributed by atoms with Gasteiger partial charge in [-0.3, -0.25) is 9.59 Å². The minimum atomic E-state index is -1.07. The summed E-state index contributed by atoms with van der Waals surface area (Å²) >= 11 is 0. The van der Waals surface area contributed by atoms with Gasteiger partial charge in [0.05, 0.1) is 6.42 Å². The largest absolute Gasteiger partial charge is 0.461 e. The van der Waals surface area contributed by atoms with Gasteiger partial charge < -0.3 is 20.1 Å². The number of alkyl carbamates (subject to hydrolysis) is 1. The SMILES string of the molecule is O=C(C[C@H](NC(=O)OCc1ccccc1)C(=O)NC1CCCCCCC1)OCc1ccccc1. The van der Waals surface area contributed by atoms with Crippen molar-refractivity contribution in [1.29, 1.82) is 0 Å². The van der Waals surface area contributed by atoms with Crippen LogP contribution in [-0.2, 0) is 32.3 Å². The van der Waals surface area contributed by atoms with E-state index in [0.717, 1.165) is 49.7 Å². The van der Waals surface area contributed by atoms with Crippen molar-refractivity contribution in [3.63, 3.8) is 0 Å². The Balaban J connectivity index is 1.57. The molecule has 0 unspecified atom stereocenters. The Morgan fingerprint density at radius 2 is 1.29 bits per heavy atom. The fraction of sp³-hybridized carbons (Fsp3) is 0.444. The van der Waals surface area contributed by atoms with Crippen LogP contribution < -0.4 is 10.6 Å². The van der Waals surface area contributed by atoms with Gasteiger partial charge in [0.25, 0.3) is 0 Å². The number of esters is 1. The van der Waals surface area contributed by atoms with E-state index in [4.69, 9.17) is 9.47 Å². The summed E-state index contributed by atoms with van der Waals surface area (Å²) in [6, 6.07) is 17.5. The maximum Gasteiger partial charge on any atom is 0.408 e. The van der Waals surface area contributed by atoms with E-state index in [9.17, 15) is 14.4 Å². The summed E-state index contributed by atoms with van der Waals surface area (Å²) in [5.41, 5.74) is 1.68.